The number of carboxylic acid groups (broad SMARTS) is 1. The second-order valence-electron chi connectivity index (χ2n) is 4.64. The molecule has 1 aromatic carbocycles. The summed E-state index contributed by atoms with van der Waals surface area (Å²) in [6.45, 7) is 1.56. The lowest BCUT2D eigenvalue weighted by Crippen LogP contribution is -2.26. The molecule has 5 nitrogen and oxygen atoms in total. The van der Waals surface area contributed by atoms with Crippen molar-refractivity contribution in [2.75, 3.05) is 18.6 Å². The molecular formula is C15H21NO4S. The van der Waals surface area contributed by atoms with Crippen LogP contribution in [0.15, 0.2) is 24.3 Å². The van der Waals surface area contributed by atoms with E-state index in [9.17, 15) is 9.59 Å². The fourth-order valence-electron chi connectivity index (χ4n) is 1.77. The molecule has 0 bridgehead atoms. The van der Waals surface area contributed by atoms with E-state index in [1.165, 1.54) is 0 Å². The number of hydrogen-bond acceptors (Lipinski definition) is 4. The van der Waals surface area contributed by atoms with Gasteiger partial charge < -0.3 is 15.2 Å². The quantitative estimate of drug-likeness (QED) is 0.685. The van der Waals surface area contributed by atoms with Crippen LogP contribution < -0.4 is 10.1 Å². The Morgan fingerprint density at radius 2 is 2.00 bits per heavy atom. The van der Waals surface area contributed by atoms with Crippen molar-refractivity contribution in [1.29, 1.82) is 0 Å². The highest BCUT2D eigenvalue weighted by atomic mass is 32.2. The Bertz CT molecular complexity index is 461. The monoisotopic (exact) mass is 311 g/mol. The van der Waals surface area contributed by atoms with Gasteiger partial charge in [-0.05, 0) is 43.0 Å². The van der Waals surface area contributed by atoms with Crippen LogP contribution in [0.1, 0.15) is 31.4 Å². The van der Waals surface area contributed by atoms with Gasteiger partial charge in [0, 0.05) is 6.42 Å². The van der Waals surface area contributed by atoms with Crippen molar-refractivity contribution in [3.05, 3.63) is 29.8 Å². The van der Waals surface area contributed by atoms with Gasteiger partial charge in [-0.15, -0.1) is 0 Å². The maximum Gasteiger partial charge on any atom is 0.341 e. The molecule has 0 heterocycles. The molecule has 1 amide bonds. The first-order chi connectivity index (χ1) is 10.0. The van der Waals surface area contributed by atoms with E-state index in [1.54, 1.807) is 23.9 Å². The zero-order chi connectivity index (χ0) is 15.7. The highest BCUT2D eigenvalue weighted by molar-refractivity contribution is 7.98. The van der Waals surface area contributed by atoms with E-state index in [1.807, 2.05) is 25.3 Å². The Morgan fingerprint density at radius 1 is 1.33 bits per heavy atom. The fraction of sp³-hybridized carbons (Fsp3) is 0.467. The highest BCUT2D eigenvalue weighted by Gasteiger charge is 2.09. The summed E-state index contributed by atoms with van der Waals surface area (Å²) in [6, 6.07) is 6.97. The number of thioether (sulfide) groups is 1. The summed E-state index contributed by atoms with van der Waals surface area (Å²) in [4.78, 5) is 22.1. The zero-order valence-corrected chi connectivity index (χ0v) is 13.1. The molecule has 1 aromatic rings. The minimum Gasteiger partial charge on any atom is -0.482 e. The van der Waals surface area contributed by atoms with Gasteiger partial charge in [0.25, 0.3) is 0 Å². The Labute approximate surface area is 129 Å². The molecule has 1 rings (SSSR count). The molecule has 116 valence electrons. The molecule has 1 atom stereocenters. The normalized spacial score (nSPS) is 11.7. The minimum atomic E-state index is -1.01. The van der Waals surface area contributed by atoms with Crippen LogP contribution in [0.4, 0.5) is 0 Å². The topological polar surface area (TPSA) is 75.6 Å². The number of carbonyl (C=O) groups is 2. The molecule has 0 saturated heterocycles. The Balaban J connectivity index is 2.45. The molecule has 21 heavy (non-hydrogen) atoms. The number of carbonyl (C=O) groups excluding carboxylic acids is 1. The van der Waals surface area contributed by atoms with Crippen molar-refractivity contribution in [2.24, 2.45) is 0 Å². The van der Waals surface area contributed by atoms with Gasteiger partial charge in [0.15, 0.2) is 6.61 Å². The van der Waals surface area contributed by atoms with Gasteiger partial charge in [-0.2, -0.15) is 11.8 Å². The van der Waals surface area contributed by atoms with Gasteiger partial charge in [-0.1, -0.05) is 12.1 Å². The van der Waals surface area contributed by atoms with Crippen LogP contribution in [-0.4, -0.2) is 35.6 Å². The second kappa shape index (κ2) is 9.28. The summed E-state index contributed by atoms with van der Waals surface area (Å²) < 4.78 is 5.06. The lowest BCUT2D eigenvalue weighted by Gasteiger charge is -2.15. The first kappa shape index (κ1) is 17.4. The maximum atomic E-state index is 11.7. The van der Waals surface area contributed by atoms with Crippen LogP contribution in [0.2, 0.25) is 0 Å². The molecule has 0 aliphatic carbocycles. The van der Waals surface area contributed by atoms with Crippen LogP contribution in [0.5, 0.6) is 5.75 Å². The first-order valence-electron chi connectivity index (χ1n) is 6.75. The van der Waals surface area contributed by atoms with Crippen LogP contribution in [-0.2, 0) is 9.59 Å². The van der Waals surface area contributed by atoms with E-state index < -0.39 is 5.97 Å². The SMILES string of the molecule is CSCCCC(=O)NC(C)c1ccc(OCC(=O)O)cc1. The maximum absolute atomic E-state index is 11.7. The highest BCUT2D eigenvalue weighted by Crippen LogP contribution is 2.17. The zero-order valence-electron chi connectivity index (χ0n) is 12.3. The van der Waals surface area contributed by atoms with Crippen molar-refractivity contribution in [2.45, 2.75) is 25.8 Å². The van der Waals surface area contributed by atoms with Crippen LogP contribution in [0.3, 0.4) is 0 Å². The Hall–Kier alpha value is -1.69. The molecule has 1 unspecified atom stereocenters. The predicted molar refractivity (Wildman–Crippen MR) is 83.7 cm³/mol. The third-order valence-electron chi connectivity index (χ3n) is 2.87. The lowest BCUT2D eigenvalue weighted by atomic mass is 10.1. The second-order valence-corrected chi connectivity index (χ2v) is 5.62. The van der Waals surface area contributed by atoms with E-state index in [0.29, 0.717) is 12.2 Å². The number of amides is 1. The van der Waals surface area contributed by atoms with E-state index in [0.717, 1.165) is 17.7 Å². The average Bonchev–Trinajstić information content (AvgIpc) is 2.45. The molecule has 0 saturated carbocycles. The van der Waals surface area contributed by atoms with Gasteiger partial charge in [0.2, 0.25) is 5.91 Å². The minimum absolute atomic E-state index is 0.0442. The molecule has 6 heteroatoms. The first-order valence-corrected chi connectivity index (χ1v) is 8.15. The molecular weight excluding hydrogens is 290 g/mol. The largest absolute Gasteiger partial charge is 0.482 e. The predicted octanol–water partition coefficient (Wildman–Crippen LogP) is 2.47. The summed E-state index contributed by atoms with van der Waals surface area (Å²) in [5.74, 6) is 0.518. The third-order valence-corrected chi connectivity index (χ3v) is 3.57. The Morgan fingerprint density at radius 3 is 2.57 bits per heavy atom. The third kappa shape index (κ3) is 7.04. The van der Waals surface area contributed by atoms with Gasteiger partial charge in [0.1, 0.15) is 5.75 Å². The summed E-state index contributed by atoms with van der Waals surface area (Å²) in [7, 11) is 0. The average molecular weight is 311 g/mol. The number of rotatable bonds is 9. The van der Waals surface area contributed by atoms with Gasteiger partial charge in [-0.25, -0.2) is 4.79 Å². The van der Waals surface area contributed by atoms with Crippen molar-refractivity contribution in [1.82, 2.24) is 5.32 Å². The number of hydrogen-bond donors (Lipinski definition) is 2. The van der Waals surface area contributed by atoms with E-state index in [4.69, 9.17) is 9.84 Å². The molecule has 2 N–H and O–H groups in total. The number of aliphatic carboxylic acids is 1. The van der Waals surface area contributed by atoms with E-state index >= 15 is 0 Å². The molecule has 0 aromatic heterocycles. The number of carboxylic acids is 1. The summed E-state index contributed by atoms with van der Waals surface area (Å²) >= 11 is 1.73. The van der Waals surface area contributed by atoms with Crippen molar-refractivity contribution in [3.8, 4) is 5.75 Å². The molecule has 0 aliphatic rings. The lowest BCUT2D eigenvalue weighted by molar-refractivity contribution is -0.139. The molecule has 0 aliphatic heterocycles. The van der Waals surface area contributed by atoms with E-state index in [2.05, 4.69) is 5.32 Å². The van der Waals surface area contributed by atoms with Crippen LogP contribution in [0.25, 0.3) is 0 Å². The fourth-order valence-corrected chi connectivity index (χ4v) is 2.20. The summed E-state index contributed by atoms with van der Waals surface area (Å²) in [5.41, 5.74) is 0.955. The number of benzene rings is 1. The molecule has 0 radical (unpaired) electrons. The van der Waals surface area contributed by atoms with Crippen molar-refractivity contribution < 1.29 is 19.4 Å². The van der Waals surface area contributed by atoms with Crippen LogP contribution in [0, 0.1) is 0 Å². The summed E-state index contributed by atoms with van der Waals surface area (Å²) in [5, 5.41) is 11.5. The van der Waals surface area contributed by atoms with Crippen molar-refractivity contribution >= 4 is 23.6 Å². The Kier molecular flexibility index (Phi) is 7.68. The van der Waals surface area contributed by atoms with Gasteiger partial charge in [-0.3, -0.25) is 4.79 Å². The summed E-state index contributed by atoms with van der Waals surface area (Å²) in [6.07, 6.45) is 3.43. The van der Waals surface area contributed by atoms with Gasteiger partial charge >= 0.3 is 5.97 Å². The van der Waals surface area contributed by atoms with Gasteiger partial charge in [0.05, 0.1) is 6.04 Å². The number of ether oxygens (including phenoxy) is 1. The standard InChI is InChI=1S/C15H21NO4S/c1-11(16-14(17)4-3-9-21-2)12-5-7-13(8-6-12)20-10-15(18)19/h5-8,11H,3-4,9-10H2,1-2H3,(H,16,17)(H,18,19). The van der Waals surface area contributed by atoms with Crippen LogP contribution >= 0.6 is 11.8 Å². The van der Waals surface area contributed by atoms with E-state index in [-0.39, 0.29) is 18.6 Å². The van der Waals surface area contributed by atoms with Crippen molar-refractivity contribution in [3.63, 3.8) is 0 Å². The smallest absolute Gasteiger partial charge is 0.341 e. The number of nitrogens with one attached hydrogen (secondary N) is 1. The molecule has 0 fully saturated rings. The molecule has 0 spiro atoms.